The highest BCUT2D eigenvalue weighted by atomic mass is 16.2. The number of nitrogens with one attached hydrogen (secondary N) is 2. The number of nitrogens with zero attached hydrogens (tertiary/aromatic N) is 3. The van der Waals surface area contributed by atoms with Crippen LogP contribution in [0.4, 0.5) is 0 Å². The predicted octanol–water partition coefficient (Wildman–Crippen LogP) is 3.46. The molecule has 32 heavy (non-hydrogen) atoms. The normalized spacial score (nSPS) is 18.5. The first-order valence-electron chi connectivity index (χ1n) is 11.1. The lowest BCUT2D eigenvalue weighted by atomic mass is 9.73. The maximum atomic E-state index is 13.5. The fourth-order valence-electron chi connectivity index (χ4n) is 4.47. The number of carbonyl (C=O) groups excluding carboxylic acids is 2. The molecule has 0 spiro atoms. The maximum Gasteiger partial charge on any atom is 0.291 e. The highest BCUT2D eigenvalue weighted by Crippen LogP contribution is 2.36. The molecule has 1 aliphatic rings. The summed E-state index contributed by atoms with van der Waals surface area (Å²) in [5.74, 6) is -0.0224. The quantitative estimate of drug-likeness (QED) is 0.625. The molecule has 0 bridgehead atoms. The van der Waals surface area contributed by atoms with Gasteiger partial charge in [-0.05, 0) is 49.8 Å². The number of hydrogen-bond acceptors (Lipinski definition) is 4. The molecule has 166 valence electrons. The van der Waals surface area contributed by atoms with E-state index in [0.717, 1.165) is 29.5 Å². The lowest BCUT2D eigenvalue weighted by molar-refractivity contribution is -0.134. The van der Waals surface area contributed by atoms with Crippen LogP contribution in [-0.2, 0) is 11.2 Å². The molecule has 2 N–H and O–H groups in total. The minimum atomic E-state index is -0.701. The molecular weight excluding hydrogens is 402 g/mol. The first-order valence-corrected chi connectivity index (χ1v) is 11.1. The number of likely N-dealkylation sites (tertiary alicyclic amines) is 1. The molecule has 2 heterocycles. The minimum absolute atomic E-state index is 0.00677. The van der Waals surface area contributed by atoms with Crippen molar-refractivity contribution in [2.24, 2.45) is 5.41 Å². The van der Waals surface area contributed by atoms with Crippen LogP contribution in [0.3, 0.4) is 0 Å². The van der Waals surface area contributed by atoms with E-state index in [9.17, 15) is 9.59 Å². The number of amides is 2. The number of piperidine rings is 1. The van der Waals surface area contributed by atoms with E-state index < -0.39 is 5.41 Å². The van der Waals surface area contributed by atoms with Crippen LogP contribution in [0.25, 0.3) is 11.1 Å². The van der Waals surface area contributed by atoms with E-state index in [1.807, 2.05) is 38.1 Å². The van der Waals surface area contributed by atoms with Gasteiger partial charge in [0, 0.05) is 19.1 Å². The van der Waals surface area contributed by atoms with Gasteiger partial charge in [-0.1, -0.05) is 54.6 Å². The van der Waals surface area contributed by atoms with Gasteiger partial charge < -0.3 is 10.2 Å². The number of rotatable bonds is 6. The molecule has 1 aliphatic heterocycles. The molecule has 2 aromatic carbocycles. The van der Waals surface area contributed by atoms with Crippen LogP contribution in [0.1, 0.15) is 42.9 Å². The van der Waals surface area contributed by atoms with Crippen LogP contribution in [0.2, 0.25) is 0 Å². The third kappa shape index (κ3) is 4.72. The van der Waals surface area contributed by atoms with Gasteiger partial charge in [0.1, 0.15) is 6.33 Å². The van der Waals surface area contributed by atoms with Crippen molar-refractivity contribution in [2.75, 3.05) is 13.1 Å². The Labute approximate surface area is 188 Å². The molecule has 1 unspecified atom stereocenters. The summed E-state index contributed by atoms with van der Waals surface area (Å²) in [5.41, 5.74) is 2.64. The van der Waals surface area contributed by atoms with E-state index >= 15 is 0 Å². The Morgan fingerprint density at radius 2 is 1.91 bits per heavy atom. The fourth-order valence-corrected chi connectivity index (χ4v) is 4.47. The van der Waals surface area contributed by atoms with Gasteiger partial charge in [-0.25, -0.2) is 4.98 Å². The number of aromatic nitrogens is 3. The predicted molar refractivity (Wildman–Crippen MR) is 123 cm³/mol. The van der Waals surface area contributed by atoms with Gasteiger partial charge in [0.25, 0.3) is 5.91 Å². The molecule has 7 heteroatoms. The van der Waals surface area contributed by atoms with Crippen molar-refractivity contribution < 1.29 is 9.59 Å². The lowest BCUT2D eigenvalue weighted by Crippen LogP contribution is -2.55. The van der Waals surface area contributed by atoms with E-state index in [0.29, 0.717) is 19.5 Å². The molecule has 0 saturated carbocycles. The topological polar surface area (TPSA) is 91.0 Å². The molecule has 1 aromatic heterocycles. The van der Waals surface area contributed by atoms with Gasteiger partial charge in [-0.15, -0.1) is 0 Å². The highest BCUT2D eigenvalue weighted by Gasteiger charge is 2.44. The summed E-state index contributed by atoms with van der Waals surface area (Å²) in [4.78, 5) is 32.1. The third-order valence-electron chi connectivity index (χ3n) is 5.96. The second kappa shape index (κ2) is 9.34. The molecule has 4 rings (SSSR count). The lowest BCUT2D eigenvalue weighted by Gasteiger charge is -2.42. The Morgan fingerprint density at radius 1 is 1.12 bits per heavy atom. The Hall–Kier alpha value is -3.48. The van der Waals surface area contributed by atoms with Crippen molar-refractivity contribution >= 4 is 11.8 Å². The Kier molecular flexibility index (Phi) is 6.35. The summed E-state index contributed by atoms with van der Waals surface area (Å²) in [6, 6.07) is 18.6. The largest absolute Gasteiger partial charge is 0.353 e. The third-order valence-corrected chi connectivity index (χ3v) is 5.96. The van der Waals surface area contributed by atoms with Crippen LogP contribution in [0.15, 0.2) is 60.9 Å². The van der Waals surface area contributed by atoms with E-state index in [-0.39, 0.29) is 23.7 Å². The number of benzene rings is 2. The summed E-state index contributed by atoms with van der Waals surface area (Å²) in [6.45, 7) is 4.87. The van der Waals surface area contributed by atoms with Crippen LogP contribution in [-0.4, -0.2) is 51.0 Å². The molecular formula is C25H29N5O2. The van der Waals surface area contributed by atoms with Crippen molar-refractivity contribution in [3.63, 3.8) is 0 Å². The molecule has 1 fully saturated rings. The van der Waals surface area contributed by atoms with Crippen LogP contribution < -0.4 is 5.32 Å². The zero-order valence-corrected chi connectivity index (χ0v) is 18.5. The molecule has 0 radical (unpaired) electrons. The van der Waals surface area contributed by atoms with Crippen molar-refractivity contribution in [2.45, 2.75) is 39.2 Å². The monoisotopic (exact) mass is 431 g/mol. The number of H-pyrrole nitrogens is 1. The zero-order valence-electron chi connectivity index (χ0n) is 18.5. The van der Waals surface area contributed by atoms with Gasteiger partial charge in [-0.3, -0.25) is 14.7 Å². The van der Waals surface area contributed by atoms with E-state index in [4.69, 9.17) is 0 Å². The van der Waals surface area contributed by atoms with Crippen molar-refractivity contribution in [3.05, 3.63) is 72.3 Å². The van der Waals surface area contributed by atoms with Crippen LogP contribution in [0.5, 0.6) is 0 Å². The molecule has 2 amide bonds. The van der Waals surface area contributed by atoms with Crippen LogP contribution >= 0.6 is 0 Å². The van der Waals surface area contributed by atoms with Crippen molar-refractivity contribution in [1.29, 1.82) is 0 Å². The first-order chi connectivity index (χ1) is 15.5. The van der Waals surface area contributed by atoms with Crippen molar-refractivity contribution in [3.8, 4) is 11.1 Å². The average molecular weight is 432 g/mol. The smallest absolute Gasteiger partial charge is 0.291 e. The summed E-state index contributed by atoms with van der Waals surface area (Å²) in [5, 5.41) is 9.54. The molecule has 1 saturated heterocycles. The Balaban J connectivity index is 1.64. The number of carbonyl (C=O) groups is 2. The van der Waals surface area contributed by atoms with E-state index in [1.54, 1.807) is 4.90 Å². The Morgan fingerprint density at radius 3 is 2.62 bits per heavy atom. The highest BCUT2D eigenvalue weighted by molar-refractivity contribution is 5.91. The molecule has 3 aromatic rings. The van der Waals surface area contributed by atoms with Crippen molar-refractivity contribution in [1.82, 2.24) is 25.4 Å². The van der Waals surface area contributed by atoms with Gasteiger partial charge in [0.15, 0.2) is 0 Å². The summed E-state index contributed by atoms with van der Waals surface area (Å²) < 4.78 is 0. The number of hydrogen-bond donors (Lipinski definition) is 2. The average Bonchev–Trinajstić information content (AvgIpc) is 3.34. The first kappa shape index (κ1) is 21.7. The van der Waals surface area contributed by atoms with Crippen LogP contribution in [0, 0.1) is 5.41 Å². The van der Waals surface area contributed by atoms with E-state index in [1.165, 1.54) is 6.33 Å². The minimum Gasteiger partial charge on any atom is -0.353 e. The number of aromatic amines is 1. The van der Waals surface area contributed by atoms with E-state index in [2.05, 4.69) is 50.8 Å². The standard InChI is InChI=1S/C25H29N5O2/c1-18(2)28-24(32)25(12-7-13-30(16-25)23(31)22-26-17-27-29-22)15-19-8-6-11-21(14-19)20-9-4-3-5-10-20/h3-6,8-11,14,17-18H,7,12-13,15-16H2,1-2H3,(H,28,32)(H,26,27,29). The summed E-state index contributed by atoms with van der Waals surface area (Å²) in [6.07, 6.45) is 3.36. The maximum absolute atomic E-state index is 13.5. The van der Waals surface area contributed by atoms with Gasteiger partial charge in [0.2, 0.25) is 11.7 Å². The summed E-state index contributed by atoms with van der Waals surface area (Å²) >= 11 is 0. The second-order valence-electron chi connectivity index (χ2n) is 8.82. The SMILES string of the molecule is CC(C)NC(=O)C1(Cc2cccc(-c3ccccc3)c2)CCCN(C(=O)c2ncn[nH]2)C1. The zero-order chi connectivity index (χ0) is 22.6. The summed E-state index contributed by atoms with van der Waals surface area (Å²) in [7, 11) is 0. The fraction of sp³-hybridized carbons (Fsp3) is 0.360. The Bertz CT molecular complexity index is 1060. The van der Waals surface area contributed by atoms with Gasteiger partial charge >= 0.3 is 0 Å². The molecule has 7 nitrogen and oxygen atoms in total. The van der Waals surface area contributed by atoms with Gasteiger partial charge in [0.05, 0.1) is 5.41 Å². The molecule has 1 atom stereocenters. The molecule has 0 aliphatic carbocycles. The second-order valence-corrected chi connectivity index (χ2v) is 8.82. The van der Waals surface area contributed by atoms with Gasteiger partial charge in [-0.2, -0.15) is 5.10 Å².